The third-order valence-electron chi connectivity index (χ3n) is 4.69. The van der Waals surface area contributed by atoms with Crippen molar-refractivity contribution in [2.45, 2.75) is 26.1 Å². The van der Waals surface area contributed by atoms with E-state index >= 15 is 0 Å². The molecule has 3 rings (SSSR count). The summed E-state index contributed by atoms with van der Waals surface area (Å²) in [5.74, 6) is -0.404. The second-order valence-corrected chi connectivity index (χ2v) is 6.72. The molecule has 27 heavy (non-hydrogen) atoms. The summed E-state index contributed by atoms with van der Waals surface area (Å²) < 4.78 is 18.3. The molecule has 0 spiro atoms. The molecule has 5 nitrogen and oxygen atoms in total. The fourth-order valence-corrected chi connectivity index (χ4v) is 3.10. The van der Waals surface area contributed by atoms with Crippen LogP contribution < -0.4 is 4.90 Å². The molecule has 0 aromatic heterocycles. The van der Waals surface area contributed by atoms with Gasteiger partial charge in [0, 0.05) is 12.2 Å². The minimum absolute atomic E-state index is 0.127. The number of anilines is 1. The number of esters is 1. The van der Waals surface area contributed by atoms with E-state index < -0.39 is 12.1 Å². The molecule has 1 aliphatic rings. The van der Waals surface area contributed by atoms with E-state index in [0.29, 0.717) is 25.1 Å². The SMILES string of the molecule is COC(=O)c1ccc(CN(C(=O)N2CC[C@@H](F)C2)c2ccc(C)cc2)cc1. The molecule has 1 saturated heterocycles. The van der Waals surface area contributed by atoms with Crippen molar-refractivity contribution >= 4 is 17.7 Å². The Morgan fingerprint density at radius 1 is 1.15 bits per heavy atom. The van der Waals surface area contributed by atoms with Crippen molar-refractivity contribution in [3.05, 3.63) is 65.2 Å². The van der Waals surface area contributed by atoms with E-state index in [2.05, 4.69) is 0 Å². The summed E-state index contributed by atoms with van der Waals surface area (Å²) in [6.45, 7) is 2.86. The molecule has 1 heterocycles. The summed E-state index contributed by atoms with van der Waals surface area (Å²) in [5, 5.41) is 0. The molecule has 2 aromatic carbocycles. The average molecular weight is 370 g/mol. The molecule has 0 saturated carbocycles. The minimum Gasteiger partial charge on any atom is -0.465 e. The Hall–Kier alpha value is -2.89. The Labute approximate surface area is 158 Å². The molecule has 0 unspecified atom stereocenters. The number of likely N-dealkylation sites (tertiary alicyclic amines) is 1. The molecule has 6 heteroatoms. The zero-order chi connectivity index (χ0) is 19.4. The topological polar surface area (TPSA) is 49.9 Å². The number of urea groups is 1. The van der Waals surface area contributed by atoms with Crippen LogP contribution >= 0.6 is 0 Å². The van der Waals surface area contributed by atoms with Crippen LogP contribution in [-0.4, -0.2) is 43.3 Å². The number of hydrogen-bond acceptors (Lipinski definition) is 3. The number of alkyl halides is 1. The van der Waals surface area contributed by atoms with Gasteiger partial charge in [0.2, 0.25) is 0 Å². The third kappa shape index (κ3) is 4.45. The number of benzene rings is 2. The Balaban J connectivity index is 1.84. The standard InChI is InChI=1S/C21H23FN2O3/c1-15-3-9-19(10-4-15)24(21(26)23-12-11-18(22)14-23)13-16-5-7-17(8-6-16)20(25)27-2/h3-10,18H,11-14H2,1-2H3/t18-/m1/s1. The number of amides is 2. The van der Waals surface area contributed by atoms with Crippen molar-refractivity contribution < 1.29 is 18.7 Å². The van der Waals surface area contributed by atoms with Crippen LogP contribution in [0.1, 0.15) is 27.9 Å². The second kappa shape index (κ2) is 8.20. The smallest absolute Gasteiger partial charge is 0.337 e. The van der Waals surface area contributed by atoms with Crippen LogP contribution in [0.4, 0.5) is 14.9 Å². The highest BCUT2D eigenvalue weighted by atomic mass is 19.1. The molecule has 1 aliphatic heterocycles. The first-order chi connectivity index (χ1) is 13.0. The number of carbonyl (C=O) groups is 2. The maximum Gasteiger partial charge on any atom is 0.337 e. The van der Waals surface area contributed by atoms with E-state index in [4.69, 9.17) is 4.74 Å². The van der Waals surface area contributed by atoms with Crippen LogP contribution in [0.2, 0.25) is 0 Å². The Kier molecular flexibility index (Phi) is 5.74. The monoisotopic (exact) mass is 370 g/mol. The van der Waals surface area contributed by atoms with Crippen LogP contribution in [0.25, 0.3) is 0 Å². The first-order valence-electron chi connectivity index (χ1n) is 8.92. The Bertz CT molecular complexity index is 805. The average Bonchev–Trinajstić information content (AvgIpc) is 3.12. The first kappa shape index (κ1) is 18.9. The van der Waals surface area contributed by atoms with Gasteiger partial charge in [0.05, 0.1) is 25.8 Å². The highest BCUT2D eigenvalue weighted by molar-refractivity contribution is 5.92. The van der Waals surface area contributed by atoms with Crippen molar-refractivity contribution in [2.75, 3.05) is 25.1 Å². The second-order valence-electron chi connectivity index (χ2n) is 6.72. The summed E-state index contributed by atoms with van der Waals surface area (Å²) >= 11 is 0. The van der Waals surface area contributed by atoms with Crippen LogP contribution in [-0.2, 0) is 11.3 Å². The third-order valence-corrected chi connectivity index (χ3v) is 4.69. The first-order valence-corrected chi connectivity index (χ1v) is 8.92. The van der Waals surface area contributed by atoms with Gasteiger partial charge < -0.3 is 9.64 Å². The zero-order valence-electron chi connectivity index (χ0n) is 15.5. The Morgan fingerprint density at radius 3 is 2.37 bits per heavy atom. The maximum atomic E-state index is 13.6. The number of ether oxygens (including phenoxy) is 1. The number of aryl methyl sites for hydroxylation is 1. The van der Waals surface area contributed by atoms with Gasteiger partial charge in [0.1, 0.15) is 6.17 Å². The zero-order valence-corrected chi connectivity index (χ0v) is 15.5. The summed E-state index contributed by atoms with van der Waals surface area (Å²) in [6.07, 6.45) is -0.588. The lowest BCUT2D eigenvalue weighted by atomic mass is 10.1. The summed E-state index contributed by atoms with van der Waals surface area (Å²) in [4.78, 5) is 27.8. The molecule has 0 aliphatic carbocycles. The van der Waals surface area contributed by atoms with E-state index in [-0.39, 0.29) is 12.6 Å². The van der Waals surface area contributed by atoms with Crippen LogP contribution in [0, 0.1) is 6.92 Å². The van der Waals surface area contributed by atoms with Crippen molar-refractivity contribution in [1.82, 2.24) is 4.90 Å². The van der Waals surface area contributed by atoms with Gasteiger partial charge in [-0.25, -0.2) is 14.0 Å². The number of hydrogen-bond donors (Lipinski definition) is 0. The lowest BCUT2D eigenvalue weighted by Crippen LogP contribution is -2.42. The number of halogens is 1. The van der Waals surface area contributed by atoms with Gasteiger partial charge in [0.25, 0.3) is 0 Å². The van der Waals surface area contributed by atoms with Gasteiger partial charge in [0.15, 0.2) is 0 Å². The quantitative estimate of drug-likeness (QED) is 0.766. The number of methoxy groups -OCH3 is 1. The highest BCUT2D eigenvalue weighted by Gasteiger charge is 2.30. The summed E-state index contributed by atoms with van der Waals surface area (Å²) in [5.41, 5.74) is 3.17. The van der Waals surface area contributed by atoms with Gasteiger partial charge in [-0.3, -0.25) is 4.90 Å². The molecule has 0 bridgehead atoms. The molecule has 1 atom stereocenters. The van der Waals surface area contributed by atoms with E-state index in [0.717, 1.165) is 16.8 Å². The van der Waals surface area contributed by atoms with Crippen molar-refractivity contribution in [3.63, 3.8) is 0 Å². The Morgan fingerprint density at radius 2 is 1.81 bits per heavy atom. The van der Waals surface area contributed by atoms with Gasteiger partial charge >= 0.3 is 12.0 Å². The van der Waals surface area contributed by atoms with E-state index in [1.54, 1.807) is 34.1 Å². The normalized spacial score (nSPS) is 16.3. The van der Waals surface area contributed by atoms with Crippen LogP contribution in [0.5, 0.6) is 0 Å². The van der Waals surface area contributed by atoms with E-state index in [1.165, 1.54) is 7.11 Å². The van der Waals surface area contributed by atoms with Crippen LogP contribution in [0.3, 0.4) is 0 Å². The molecule has 1 fully saturated rings. The fraction of sp³-hybridized carbons (Fsp3) is 0.333. The lowest BCUT2D eigenvalue weighted by molar-refractivity contribution is 0.0600. The van der Waals surface area contributed by atoms with Gasteiger partial charge in [-0.2, -0.15) is 0 Å². The predicted molar refractivity (Wildman–Crippen MR) is 102 cm³/mol. The van der Waals surface area contributed by atoms with Gasteiger partial charge in [-0.15, -0.1) is 0 Å². The van der Waals surface area contributed by atoms with Crippen molar-refractivity contribution in [3.8, 4) is 0 Å². The van der Waals surface area contributed by atoms with Crippen molar-refractivity contribution in [1.29, 1.82) is 0 Å². The van der Waals surface area contributed by atoms with Crippen LogP contribution in [0.15, 0.2) is 48.5 Å². The highest BCUT2D eigenvalue weighted by Crippen LogP contribution is 2.23. The summed E-state index contributed by atoms with van der Waals surface area (Å²) in [7, 11) is 1.34. The molecule has 142 valence electrons. The molecular weight excluding hydrogens is 347 g/mol. The molecule has 0 N–H and O–H groups in total. The van der Waals surface area contributed by atoms with E-state index in [9.17, 15) is 14.0 Å². The number of rotatable bonds is 4. The predicted octanol–water partition coefficient (Wildman–Crippen LogP) is 3.95. The number of carbonyl (C=O) groups excluding carboxylic acids is 2. The largest absolute Gasteiger partial charge is 0.465 e. The van der Waals surface area contributed by atoms with Gasteiger partial charge in [-0.1, -0.05) is 29.8 Å². The summed E-state index contributed by atoms with van der Waals surface area (Å²) in [6, 6.07) is 14.4. The minimum atomic E-state index is -0.965. The molecule has 0 radical (unpaired) electrons. The lowest BCUT2D eigenvalue weighted by Gasteiger charge is -2.28. The fourth-order valence-electron chi connectivity index (χ4n) is 3.10. The molecule has 2 amide bonds. The molecule has 2 aromatic rings. The molecular formula is C21H23FN2O3. The van der Waals surface area contributed by atoms with Gasteiger partial charge in [-0.05, 0) is 43.2 Å². The van der Waals surface area contributed by atoms with E-state index in [1.807, 2.05) is 31.2 Å². The maximum absolute atomic E-state index is 13.6. The van der Waals surface area contributed by atoms with Crippen molar-refractivity contribution in [2.24, 2.45) is 0 Å². The number of nitrogens with zero attached hydrogens (tertiary/aromatic N) is 2.